The van der Waals surface area contributed by atoms with Gasteiger partial charge in [0.15, 0.2) is 0 Å². The van der Waals surface area contributed by atoms with Crippen molar-refractivity contribution in [1.29, 1.82) is 0 Å². The number of carboxylic acid groups (broad SMARTS) is 1. The minimum Gasteiger partial charge on any atom is -0.481 e. The standard InChI is InChI=1S/C11H16N4O3/c1-6-7(2)14-15-10(12-6)13-8(16)5-11(3,4)9(17)18/h5H2,1-4H3,(H,17,18)(H,12,13,15,16). The zero-order chi connectivity index (χ0) is 13.9. The molecule has 0 atom stereocenters. The summed E-state index contributed by atoms with van der Waals surface area (Å²) in [6.45, 7) is 6.47. The Labute approximate surface area is 105 Å². The van der Waals surface area contributed by atoms with Gasteiger partial charge in [0.2, 0.25) is 11.9 Å². The van der Waals surface area contributed by atoms with Crippen LogP contribution in [0.4, 0.5) is 5.95 Å². The SMILES string of the molecule is Cc1nnc(NC(=O)CC(C)(C)C(=O)O)nc1C. The summed E-state index contributed by atoms with van der Waals surface area (Å²) in [5.41, 5.74) is 0.216. The second kappa shape index (κ2) is 5.07. The molecular weight excluding hydrogens is 236 g/mol. The molecule has 0 aliphatic rings. The first kappa shape index (κ1) is 14.0. The zero-order valence-electron chi connectivity index (χ0n) is 10.8. The molecule has 0 aliphatic carbocycles. The summed E-state index contributed by atoms with van der Waals surface area (Å²) in [5.74, 6) is -1.39. The molecule has 2 N–H and O–H groups in total. The summed E-state index contributed by atoms with van der Waals surface area (Å²) < 4.78 is 0. The van der Waals surface area contributed by atoms with E-state index in [2.05, 4.69) is 20.5 Å². The third-order valence-electron chi connectivity index (χ3n) is 2.52. The number of hydrogen-bond acceptors (Lipinski definition) is 5. The highest BCUT2D eigenvalue weighted by atomic mass is 16.4. The summed E-state index contributed by atoms with van der Waals surface area (Å²) in [6.07, 6.45) is -0.154. The Balaban J connectivity index is 2.71. The van der Waals surface area contributed by atoms with Gasteiger partial charge in [0.1, 0.15) is 0 Å². The molecule has 0 unspecified atom stereocenters. The zero-order valence-corrected chi connectivity index (χ0v) is 10.8. The second-order valence-electron chi connectivity index (χ2n) is 4.72. The fourth-order valence-electron chi connectivity index (χ4n) is 1.16. The van der Waals surface area contributed by atoms with Crippen LogP contribution in [0.3, 0.4) is 0 Å². The van der Waals surface area contributed by atoms with Gasteiger partial charge in [-0.1, -0.05) is 0 Å². The molecule has 98 valence electrons. The van der Waals surface area contributed by atoms with Gasteiger partial charge in [-0.3, -0.25) is 14.9 Å². The van der Waals surface area contributed by atoms with E-state index in [9.17, 15) is 9.59 Å². The fraction of sp³-hybridized carbons (Fsp3) is 0.545. The summed E-state index contributed by atoms with van der Waals surface area (Å²) >= 11 is 0. The van der Waals surface area contributed by atoms with E-state index in [-0.39, 0.29) is 12.4 Å². The van der Waals surface area contributed by atoms with Crippen LogP contribution < -0.4 is 5.32 Å². The Bertz CT molecular complexity index is 485. The van der Waals surface area contributed by atoms with Gasteiger partial charge in [0, 0.05) is 6.42 Å². The lowest BCUT2D eigenvalue weighted by Gasteiger charge is -2.17. The molecule has 0 aliphatic heterocycles. The predicted octanol–water partition coefficient (Wildman–Crippen LogP) is 0.928. The molecule has 0 aromatic carbocycles. The number of anilines is 1. The first-order valence-corrected chi connectivity index (χ1v) is 5.43. The van der Waals surface area contributed by atoms with Crippen LogP contribution in [0.1, 0.15) is 31.7 Å². The van der Waals surface area contributed by atoms with Crippen molar-refractivity contribution in [2.24, 2.45) is 5.41 Å². The van der Waals surface area contributed by atoms with E-state index in [1.807, 2.05) is 0 Å². The molecule has 0 radical (unpaired) electrons. The van der Waals surface area contributed by atoms with Gasteiger partial charge >= 0.3 is 5.97 Å². The molecule has 1 rings (SSSR count). The molecule has 7 nitrogen and oxygen atoms in total. The van der Waals surface area contributed by atoms with Crippen molar-refractivity contribution in [2.45, 2.75) is 34.1 Å². The first-order chi connectivity index (χ1) is 8.22. The van der Waals surface area contributed by atoms with E-state index in [1.54, 1.807) is 13.8 Å². The molecular formula is C11H16N4O3. The summed E-state index contributed by atoms with van der Waals surface area (Å²) in [5, 5.41) is 18.9. The van der Waals surface area contributed by atoms with Crippen molar-refractivity contribution < 1.29 is 14.7 Å². The highest BCUT2D eigenvalue weighted by molar-refractivity contribution is 5.92. The molecule has 1 amide bonds. The summed E-state index contributed by atoms with van der Waals surface area (Å²) in [4.78, 5) is 26.6. The highest BCUT2D eigenvalue weighted by Gasteiger charge is 2.30. The third kappa shape index (κ3) is 3.47. The molecule has 18 heavy (non-hydrogen) atoms. The lowest BCUT2D eigenvalue weighted by molar-refractivity contribution is -0.148. The maximum atomic E-state index is 11.6. The molecule has 0 fully saturated rings. The highest BCUT2D eigenvalue weighted by Crippen LogP contribution is 2.20. The van der Waals surface area contributed by atoms with Crippen LogP contribution in [0.2, 0.25) is 0 Å². The molecule has 0 saturated carbocycles. The predicted molar refractivity (Wildman–Crippen MR) is 64.0 cm³/mol. The number of hydrogen-bond donors (Lipinski definition) is 2. The van der Waals surface area contributed by atoms with Crippen molar-refractivity contribution in [3.8, 4) is 0 Å². The van der Waals surface area contributed by atoms with Crippen LogP contribution in [-0.2, 0) is 9.59 Å². The fourth-order valence-corrected chi connectivity index (χ4v) is 1.16. The number of nitrogens with one attached hydrogen (secondary N) is 1. The van der Waals surface area contributed by atoms with Crippen molar-refractivity contribution in [1.82, 2.24) is 15.2 Å². The minimum atomic E-state index is -1.13. The van der Waals surface area contributed by atoms with Gasteiger partial charge in [0.05, 0.1) is 16.8 Å². The minimum absolute atomic E-state index is 0.0873. The van der Waals surface area contributed by atoms with Crippen molar-refractivity contribution in [3.63, 3.8) is 0 Å². The van der Waals surface area contributed by atoms with E-state index < -0.39 is 17.3 Å². The third-order valence-corrected chi connectivity index (χ3v) is 2.52. The average molecular weight is 252 g/mol. The second-order valence-corrected chi connectivity index (χ2v) is 4.72. The van der Waals surface area contributed by atoms with Crippen LogP contribution in [0, 0.1) is 19.3 Å². The smallest absolute Gasteiger partial charge is 0.309 e. The number of rotatable bonds is 4. The van der Waals surface area contributed by atoms with Gasteiger partial charge in [-0.25, -0.2) is 4.98 Å². The number of aromatic nitrogens is 3. The van der Waals surface area contributed by atoms with Gasteiger partial charge in [0.25, 0.3) is 0 Å². The number of carbonyl (C=O) groups is 2. The van der Waals surface area contributed by atoms with E-state index in [4.69, 9.17) is 5.11 Å². The maximum absolute atomic E-state index is 11.6. The normalized spacial score (nSPS) is 11.1. The Hall–Kier alpha value is -2.05. The van der Waals surface area contributed by atoms with E-state index in [0.29, 0.717) is 11.4 Å². The van der Waals surface area contributed by atoms with Crippen LogP contribution in [0.15, 0.2) is 0 Å². The summed E-state index contributed by atoms with van der Waals surface area (Å²) in [6, 6.07) is 0. The lowest BCUT2D eigenvalue weighted by atomic mass is 9.89. The summed E-state index contributed by atoms with van der Waals surface area (Å²) in [7, 11) is 0. The number of aliphatic carboxylic acids is 1. The maximum Gasteiger partial charge on any atom is 0.309 e. The topological polar surface area (TPSA) is 105 Å². The van der Waals surface area contributed by atoms with Crippen LogP contribution in [0.5, 0.6) is 0 Å². The van der Waals surface area contributed by atoms with Gasteiger partial charge in [-0.15, -0.1) is 5.10 Å². The molecule has 0 bridgehead atoms. The Morgan fingerprint density at radius 2 is 1.83 bits per heavy atom. The monoisotopic (exact) mass is 252 g/mol. The van der Waals surface area contributed by atoms with E-state index in [1.165, 1.54) is 13.8 Å². The number of nitrogens with zero attached hydrogens (tertiary/aromatic N) is 3. The van der Waals surface area contributed by atoms with Crippen molar-refractivity contribution in [2.75, 3.05) is 5.32 Å². The largest absolute Gasteiger partial charge is 0.481 e. The quantitative estimate of drug-likeness (QED) is 0.825. The molecule has 0 spiro atoms. The molecule has 1 heterocycles. The molecule has 1 aromatic heterocycles. The number of amides is 1. The van der Waals surface area contributed by atoms with Crippen LogP contribution >= 0.6 is 0 Å². The van der Waals surface area contributed by atoms with Crippen molar-refractivity contribution in [3.05, 3.63) is 11.4 Å². The average Bonchev–Trinajstić information content (AvgIpc) is 2.22. The number of aryl methyl sites for hydroxylation is 2. The molecule has 1 aromatic rings. The number of carbonyl (C=O) groups excluding carboxylic acids is 1. The van der Waals surface area contributed by atoms with Gasteiger partial charge in [-0.05, 0) is 27.7 Å². The Kier molecular flexibility index (Phi) is 3.95. The molecule has 7 heteroatoms. The Morgan fingerprint density at radius 3 is 2.33 bits per heavy atom. The van der Waals surface area contributed by atoms with Crippen LogP contribution in [0.25, 0.3) is 0 Å². The first-order valence-electron chi connectivity index (χ1n) is 5.43. The van der Waals surface area contributed by atoms with Crippen molar-refractivity contribution >= 4 is 17.8 Å². The van der Waals surface area contributed by atoms with E-state index in [0.717, 1.165) is 0 Å². The number of carboxylic acids is 1. The van der Waals surface area contributed by atoms with Gasteiger partial charge in [-0.2, -0.15) is 5.10 Å². The molecule has 0 saturated heterocycles. The van der Waals surface area contributed by atoms with Gasteiger partial charge < -0.3 is 5.11 Å². The Morgan fingerprint density at radius 1 is 1.22 bits per heavy atom. The van der Waals surface area contributed by atoms with E-state index >= 15 is 0 Å². The van der Waals surface area contributed by atoms with Crippen LogP contribution in [-0.4, -0.2) is 32.2 Å². The lowest BCUT2D eigenvalue weighted by Crippen LogP contribution is -2.30.